The van der Waals surface area contributed by atoms with Gasteiger partial charge in [-0.15, -0.1) is 0 Å². The normalized spacial score (nSPS) is 21.4. The van der Waals surface area contributed by atoms with Gasteiger partial charge >= 0.3 is 6.03 Å². The van der Waals surface area contributed by atoms with E-state index in [1.165, 1.54) is 0 Å². The summed E-state index contributed by atoms with van der Waals surface area (Å²) >= 11 is 0. The maximum atomic E-state index is 12.6. The number of ether oxygens (including phenoxy) is 1. The van der Waals surface area contributed by atoms with Crippen LogP contribution in [0.4, 0.5) is 4.79 Å². The summed E-state index contributed by atoms with van der Waals surface area (Å²) in [6, 6.07) is 7.73. The van der Waals surface area contributed by atoms with Crippen molar-refractivity contribution in [2.75, 3.05) is 32.8 Å². The van der Waals surface area contributed by atoms with Crippen LogP contribution in [-0.2, 0) is 4.79 Å². The fourth-order valence-corrected chi connectivity index (χ4v) is 3.59. The number of nitrogens with zero attached hydrogens (tertiary/aromatic N) is 2. The molecule has 136 valence electrons. The highest BCUT2D eigenvalue weighted by Gasteiger charge is 2.31. The minimum absolute atomic E-state index is 0.0386. The third kappa shape index (κ3) is 3.89. The Balaban J connectivity index is 1.59. The van der Waals surface area contributed by atoms with Crippen molar-refractivity contribution in [1.82, 2.24) is 15.1 Å². The van der Waals surface area contributed by atoms with Gasteiger partial charge in [-0.05, 0) is 25.8 Å². The van der Waals surface area contributed by atoms with Crippen LogP contribution in [0.5, 0.6) is 5.75 Å². The van der Waals surface area contributed by atoms with Crippen molar-refractivity contribution in [1.29, 1.82) is 0 Å². The molecule has 6 heteroatoms. The average molecular weight is 345 g/mol. The first-order valence-corrected chi connectivity index (χ1v) is 9.15. The van der Waals surface area contributed by atoms with Crippen LogP contribution < -0.4 is 10.1 Å². The van der Waals surface area contributed by atoms with E-state index in [4.69, 9.17) is 4.74 Å². The summed E-state index contributed by atoms with van der Waals surface area (Å²) in [5.74, 6) is 1.07. The summed E-state index contributed by atoms with van der Waals surface area (Å²) in [7, 11) is 0. The summed E-state index contributed by atoms with van der Waals surface area (Å²) in [4.78, 5) is 28.4. The van der Waals surface area contributed by atoms with Crippen LogP contribution in [0.15, 0.2) is 24.3 Å². The zero-order chi connectivity index (χ0) is 17.8. The Hall–Kier alpha value is -2.24. The number of amides is 3. The first-order valence-electron chi connectivity index (χ1n) is 9.15. The van der Waals surface area contributed by atoms with Crippen molar-refractivity contribution in [2.45, 2.75) is 38.6 Å². The molecule has 0 bridgehead atoms. The van der Waals surface area contributed by atoms with Gasteiger partial charge in [0.15, 0.2) is 0 Å². The molecule has 2 heterocycles. The highest BCUT2D eigenvalue weighted by atomic mass is 16.5. The molecule has 1 aromatic rings. The lowest BCUT2D eigenvalue weighted by Crippen LogP contribution is -2.48. The van der Waals surface area contributed by atoms with Gasteiger partial charge in [-0.3, -0.25) is 4.79 Å². The smallest absolute Gasteiger partial charge is 0.318 e. The molecule has 25 heavy (non-hydrogen) atoms. The van der Waals surface area contributed by atoms with Crippen molar-refractivity contribution in [3.63, 3.8) is 0 Å². The molecule has 0 saturated carbocycles. The third-order valence-corrected chi connectivity index (χ3v) is 5.01. The fraction of sp³-hybridized carbons (Fsp3) is 0.579. The Bertz CT molecular complexity index is 634. The van der Waals surface area contributed by atoms with E-state index in [2.05, 4.69) is 12.2 Å². The molecule has 3 amide bonds. The summed E-state index contributed by atoms with van der Waals surface area (Å²) in [6.45, 7) is 6.90. The van der Waals surface area contributed by atoms with Crippen LogP contribution >= 0.6 is 0 Å². The lowest BCUT2D eigenvalue weighted by molar-refractivity contribution is -0.130. The number of urea groups is 1. The number of carbonyl (C=O) groups excluding carboxylic acids is 2. The lowest BCUT2D eigenvalue weighted by Gasteiger charge is -2.26. The number of hydrogen-bond donors (Lipinski definition) is 1. The van der Waals surface area contributed by atoms with Gasteiger partial charge in [0.2, 0.25) is 5.91 Å². The Kier molecular flexibility index (Phi) is 5.46. The van der Waals surface area contributed by atoms with E-state index in [0.29, 0.717) is 13.2 Å². The van der Waals surface area contributed by atoms with Crippen LogP contribution in [-0.4, -0.2) is 60.6 Å². The molecular weight excluding hydrogens is 318 g/mol. The molecule has 6 nitrogen and oxygen atoms in total. The monoisotopic (exact) mass is 345 g/mol. The SMILES string of the molecule is CCCN1CCCN(C(=O)N[C@H](C)[C@H]2COc3ccccc32)CC1=O. The molecule has 2 atom stereocenters. The topological polar surface area (TPSA) is 61.9 Å². The molecule has 2 aliphatic heterocycles. The van der Waals surface area contributed by atoms with E-state index in [1.807, 2.05) is 36.1 Å². The lowest BCUT2D eigenvalue weighted by atomic mass is 9.94. The Morgan fingerprint density at radius 1 is 1.36 bits per heavy atom. The highest BCUT2D eigenvalue weighted by Crippen LogP contribution is 2.35. The highest BCUT2D eigenvalue weighted by molar-refractivity contribution is 5.84. The van der Waals surface area contributed by atoms with E-state index in [0.717, 1.165) is 37.2 Å². The largest absolute Gasteiger partial charge is 0.493 e. The second kappa shape index (κ2) is 7.76. The Labute approximate surface area is 149 Å². The number of para-hydroxylation sites is 1. The Morgan fingerprint density at radius 2 is 2.16 bits per heavy atom. The van der Waals surface area contributed by atoms with Crippen molar-refractivity contribution in [3.8, 4) is 5.75 Å². The molecule has 1 N–H and O–H groups in total. The number of rotatable bonds is 4. The van der Waals surface area contributed by atoms with Gasteiger partial charge in [0, 0.05) is 37.2 Å². The van der Waals surface area contributed by atoms with Gasteiger partial charge in [-0.1, -0.05) is 25.1 Å². The van der Waals surface area contributed by atoms with Crippen LogP contribution in [0.25, 0.3) is 0 Å². The number of nitrogens with one attached hydrogen (secondary N) is 1. The molecule has 1 saturated heterocycles. The predicted molar refractivity (Wildman–Crippen MR) is 95.7 cm³/mol. The number of benzene rings is 1. The predicted octanol–water partition coefficient (Wildman–Crippen LogP) is 2.21. The molecule has 0 aliphatic carbocycles. The van der Waals surface area contributed by atoms with Crippen LogP contribution in [0, 0.1) is 0 Å². The molecule has 0 aromatic heterocycles. The van der Waals surface area contributed by atoms with Gasteiger partial charge < -0.3 is 19.9 Å². The quantitative estimate of drug-likeness (QED) is 0.910. The standard InChI is InChI=1S/C19H27N3O3/c1-3-9-21-10-6-11-22(12-18(21)23)19(24)20-14(2)16-13-25-17-8-5-4-7-15(16)17/h4-5,7-8,14,16H,3,6,9-13H2,1-2H3,(H,20,24)/t14-,16-/m1/s1. The summed E-state index contributed by atoms with van der Waals surface area (Å²) in [5.41, 5.74) is 1.14. The molecule has 0 radical (unpaired) electrons. The summed E-state index contributed by atoms with van der Waals surface area (Å²) in [6.07, 6.45) is 1.76. The fourth-order valence-electron chi connectivity index (χ4n) is 3.59. The molecule has 1 fully saturated rings. The van der Waals surface area contributed by atoms with E-state index in [-0.39, 0.29) is 30.4 Å². The average Bonchev–Trinajstić information content (AvgIpc) is 2.95. The number of fused-ring (bicyclic) bond motifs is 1. The van der Waals surface area contributed by atoms with Crippen LogP contribution in [0.1, 0.15) is 38.2 Å². The molecule has 2 aliphatic rings. The van der Waals surface area contributed by atoms with Gasteiger partial charge in [0.25, 0.3) is 0 Å². The van der Waals surface area contributed by atoms with E-state index < -0.39 is 0 Å². The minimum atomic E-state index is -0.163. The van der Waals surface area contributed by atoms with E-state index >= 15 is 0 Å². The van der Waals surface area contributed by atoms with Crippen LogP contribution in [0.2, 0.25) is 0 Å². The third-order valence-electron chi connectivity index (χ3n) is 5.01. The number of hydrogen-bond acceptors (Lipinski definition) is 3. The van der Waals surface area contributed by atoms with Crippen molar-refractivity contribution < 1.29 is 14.3 Å². The second-order valence-electron chi connectivity index (χ2n) is 6.85. The second-order valence-corrected chi connectivity index (χ2v) is 6.85. The summed E-state index contributed by atoms with van der Waals surface area (Å²) in [5, 5.41) is 3.06. The molecule has 1 aromatic carbocycles. The van der Waals surface area contributed by atoms with Gasteiger partial charge in [-0.25, -0.2) is 4.79 Å². The zero-order valence-electron chi connectivity index (χ0n) is 15.0. The first-order chi connectivity index (χ1) is 12.1. The Morgan fingerprint density at radius 3 is 2.96 bits per heavy atom. The van der Waals surface area contributed by atoms with Crippen molar-refractivity contribution in [2.24, 2.45) is 0 Å². The zero-order valence-corrected chi connectivity index (χ0v) is 15.0. The van der Waals surface area contributed by atoms with Crippen molar-refractivity contribution in [3.05, 3.63) is 29.8 Å². The van der Waals surface area contributed by atoms with E-state index in [9.17, 15) is 9.59 Å². The van der Waals surface area contributed by atoms with E-state index in [1.54, 1.807) is 4.90 Å². The maximum absolute atomic E-state index is 12.6. The maximum Gasteiger partial charge on any atom is 0.318 e. The molecule has 3 rings (SSSR count). The molecule has 0 unspecified atom stereocenters. The summed E-state index contributed by atoms with van der Waals surface area (Å²) < 4.78 is 5.71. The van der Waals surface area contributed by atoms with Crippen LogP contribution in [0.3, 0.4) is 0 Å². The van der Waals surface area contributed by atoms with Crippen molar-refractivity contribution >= 4 is 11.9 Å². The first kappa shape index (κ1) is 17.6. The number of carbonyl (C=O) groups is 2. The minimum Gasteiger partial charge on any atom is -0.493 e. The molecular formula is C19H27N3O3. The van der Waals surface area contributed by atoms with Gasteiger partial charge in [-0.2, -0.15) is 0 Å². The van der Waals surface area contributed by atoms with Gasteiger partial charge in [0.05, 0.1) is 6.61 Å². The molecule has 0 spiro atoms. The van der Waals surface area contributed by atoms with Gasteiger partial charge in [0.1, 0.15) is 12.3 Å².